The highest BCUT2D eigenvalue weighted by Gasteiger charge is 2.04. The summed E-state index contributed by atoms with van der Waals surface area (Å²) in [7, 11) is 0. The molecular weight excluding hydrogens is 210 g/mol. The van der Waals surface area contributed by atoms with E-state index in [1.54, 1.807) is 0 Å². The Morgan fingerprint density at radius 1 is 1.00 bits per heavy atom. The second-order valence-electron chi connectivity index (χ2n) is 4.01. The molecule has 0 atom stereocenters. The van der Waals surface area contributed by atoms with Gasteiger partial charge < -0.3 is 0 Å². The molecule has 3 heteroatoms. The van der Waals surface area contributed by atoms with Gasteiger partial charge in [0.05, 0.1) is 11.2 Å². The lowest BCUT2D eigenvalue weighted by Crippen LogP contribution is -1.96. The van der Waals surface area contributed by atoms with Crippen molar-refractivity contribution in [3.8, 4) is 5.69 Å². The van der Waals surface area contributed by atoms with Gasteiger partial charge in [-0.15, -0.1) is 5.10 Å². The zero-order valence-corrected chi connectivity index (χ0v) is 9.67. The topological polar surface area (TPSA) is 30.7 Å². The number of fused-ring (bicyclic) bond motifs is 1. The van der Waals surface area contributed by atoms with E-state index in [1.807, 2.05) is 28.9 Å². The third-order valence-electron chi connectivity index (χ3n) is 2.94. The molecule has 2 aromatic carbocycles. The van der Waals surface area contributed by atoms with Crippen LogP contribution < -0.4 is 0 Å². The highest BCUT2D eigenvalue weighted by molar-refractivity contribution is 5.75. The van der Waals surface area contributed by atoms with Crippen molar-refractivity contribution in [2.75, 3.05) is 0 Å². The zero-order chi connectivity index (χ0) is 11.7. The lowest BCUT2D eigenvalue weighted by atomic mass is 10.1. The van der Waals surface area contributed by atoms with E-state index in [9.17, 15) is 0 Å². The normalized spacial score (nSPS) is 10.9. The number of rotatable bonds is 2. The summed E-state index contributed by atoms with van der Waals surface area (Å²) in [5, 5.41) is 8.34. The molecule has 0 aliphatic heterocycles. The number of hydrogen-bond acceptors (Lipinski definition) is 2. The number of hydrogen-bond donors (Lipinski definition) is 0. The Bertz CT molecular complexity index is 638. The summed E-state index contributed by atoms with van der Waals surface area (Å²) in [4.78, 5) is 0. The summed E-state index contributed by atoms with van der Waals surface area (Å²) < 4.78 is 1.87. The zero-order valence-electron chi connectivity index (χ0n) is 9.67. The van der Waals surface area contributed by atoms with Gasteiger partial charge in [0.25, 0.3) is 0 Å². The Hall–Kier alpha value is -2.16. The lowest BCUT2D eigenvalue weighted by molar-refractivity contribution is 0.823. The van der Waals surface area contributed by atoms with Crippen molar-refractivity contribution in [2.45, 2.75) is 13.3 Å². The van der Waals surface area contributed by atoms with Crippen molar-refractivity contribution in [3.63, 3.8) is 0 Å². The van der Waals surface area contributed by atoms with Crippen LogP contribution in [0.3, 0.4) is 0 Å². The molecule has 3 nitrogen and oxygen atoms in total. The first-order valence-corrected chi connectivity index (χ1v) is 5.78. The predicted molar refractivity (Wildman–Crippen MR) is 68.2 cm³/mol. The van der Waals surface area contributed by atoms with E-state index in [0.29, 0.717) is 0 Å². The quantitative estimate of drug-likeness (QED) is 0.668. The van der Waals surface area contributed by atoms with Crippen LogP contribution in [0.2, 0.25) is 0 Å². The smallest absolute Gasteiger partial charge is 0.113 e. The average molecular weight is 223 g/mol. The monoisotopic (exact) mass is 223 g/mol. The van der Waals surface area contributed by atoms with Crippen LogP contribution in [0.5, 0.6) is 0 Å². The fraction of sp³-hybridized carbons (Fsp3) is 0.143. The predicted octanol–water partition coefficient (Wildman–Crippen LogP) is 2.98. The van der Waals surface area contributed by atoms with Gasteiger partial charge in [-0.1, -0.05) is 36.4 Å². The Labute approximate surface area is 99.7 Å². The molecule has 1 aromatic heterocycles. The van der Waals surface area contributed by atoms with Gasteiger partial charge in [0, 0.05) is 0 Å². The Kier molecular flexibility index (Phi) is 2.37. The third-order valence-corrected chi connectivity index (χ3v) is 2.94. The van der Waals surface area contributed by atoms with Crippen LogP contribution >= 0.6 is 0 Å². The van der Waals surface area contributed by atoms with Crippen LogP contribution in [0.25, 0.3) is 16.7 Å². The second-order valence-corrected chi connectivity index (χ2v) is 4.01. The summed E-state index contributed by atoms with van der Waals surface area (Å²) in [6.45, 7) is 2.15. The molecule has 0 radical (unpaired) electrons. The maximum absolute atomic E-state index is 4.19. The molecule has 0 unspecified atom stereocenters. The van der Waals surface area contributed by atoms with Crippen molar-refractivity contribution in [1.82, 2.24) is 15.0 Å². The largest absolute Gasteiger partial charge is 0.213 e. The first-order chi connectivity index (χ1) is 8.38. The molecule has 1 heterocycles. The maximum atomic E-state index is 4.19. The van der Waals surface area contributed by atoms with Gasteiger partial charge in [-0.25, -0.2) is 4.68 Å². The van der Waals surface area contributed by atoms with E-state index in [4.69, 9.17) is 0 Å². The van der Waals surface area contributed by atoms with Gasteiger partial charge in [0.15, 0.2) is 0 Å². The van der Waals surface area contributed by atoms with E-state index in [2.05, 4.69) is 41.5 Å². The Morgan fingerprint density at radius 3 is 2.53 bits per heavy atom. The van der Waals surface area contributed by atoms with Crippen LogP contribution in [0.15, 0.2) is 48.5 Å². The van der Waals surface area contributed by atoms with E-state index >= 15 is 0 Å². The summed E-state index contributed by atoms with van der Waals surface area (Å²) >= 11 is 0. The molecule has 0 aliphatic carbocycles. The molecule has 0 aliphatic rings. The summed E-state index contributed by atoms with van der Waals surface area (Å²) in [6, 6.07) is 16.4. The minimum Gasteiger partial charge on any atom is -0.213 e. The van der Waals surface area contributed by atoms with Crippen molar-refractivity contribution >= 4 is 11.0 Å². The van der Waals surface area contributed by atoms with E-state index in [-0.39, 0.29) is 0 Å². The first kappa shape index (κ1) is 10.0. The molecule has 0 bridgehead atoms. The van der Waals surface area contributed by atoms with Crippen LogP contribution in [0, 0.1) is 0 Å². The van der Waals surface area contributed by atoms with E-state index in [0.717, 1.165) is 23.1 Å². The number of benzene rings is 2. The van der Waals surface area contributed by atoms with Crippen molar-refractivity contribution in [2.24, 2.45) is 0 Å². The molecular formula is C14H13N3. The number of nitrogens with zero attached hydrogens (tertiary/aromatic N) is 3. The molecule has 3 rings (SSSR count). The standard InChI is InChI=1S/C14H13N3/c1-2-11-7-9-12(10-8-11)17-14-6-4-3-5-13(14)15-16-17/h3-10H,2H2,1H3. The highest BCUT2D eigenvalue weighted by atomic mass is 15.4. The molecule has 3 aromatic rings. The fourth-order valence-electron chi connectivity index (χ4n) is 1.93. The molecule has 0 spiro atoms. The van der Waals surface area contributed by atoms with Crippen molar-refractivity contribution in [3.05, 3.63) is 54.1 Å². The van der Waals surface area contributed by atoms with Gasteiger partial charge in [0.1, 0.15) is 5.52 Å². The molecule has 84 valence electrons. The van der Waals surface area contributed by atoms with Crippen molar-refractivity contribution in [1.29, 1.82) is 0 Å². The first-order valence-electron chi connectivity index (χ1n) is 5.78. The minimum atomic E-state index is 0.923. The Morgan fingerprint density at radius 2 is 1.76 bits per heavy atom. The number of aromatic nitrogens is 3. The summed E-state index contributed by atoms with van der Waals surface area (Å²) in [6.07, 6.45) is 1.05. The average Bonchev–Trinajstić information content (AvgIpc) is 2.83. The SMILES string of the molecule is CCc1ccc(-n2nnc3ccccc32)cc1. The van der Waals surface area contributed by atoms with Gasteiger partial charge in [-0.2, -0.15) is 0 Å². The third kappa shape index (κ3) is 1.69. The van der Waals surface area contributed by atoms with Gasteiger partial charge in [0.2, 0.25) is 0 Å². The molecule has 0 N–H and O–H groups in total. The fourth-order valence-corrected chi connectivity index (χ4v) is 1.93. The Balaban J connectivity index is 2.13. The van der Waals surface area contributed by atoms with Crippen LogP contribution in [0.4, 0.5) is 0 Å². The molecule has 0 saturated heterocycles. The molecule has 0 saturated carbocycles. The van der Waals surface area contributed by atoms with Gasteiger partial charge >= 0.3 is 0 Å². The van der Waals surface area contributed by atoms with Crippen LogP contribution in [-0.4, -0.2) is 15.0 Å². The number of para-hydroxylation sites is 1. The van der Waals surface area contributed by atoms with Crippen molar-refractivity contribution < 1.29 is 0 Å². The van der Waals surface area contributed by atoms with Gasteiger partial charge in [-0.3, -0.25) is 0 Å². The van der Waals surface area contributed by atoms with E-state index in [1.165, 1.54) is 5.56 Å². The van der Waals surface area contributed by atoms with Gasteiger partial charge in [-0.05, 0) is 36.2 Å². The van der Waals surface area contributed by atoms with Crippen LogP contribution in [0.1, 0.15) is 12.5 Å². The van der Waals surface area contributed by atoms with Crippen LogP contribution in [-0.2, 0) is 6.42 Å². The summed E-state index contributed by atoms with van der Waals surface area (Å²) in [5.41, 5.74) is 4.35. The molecule has 0 amide bonds. The minimum absolute atomic E-state index is 0.923. The maximum Gasteiger partial charge on any atom is 0.113 e. The number of aryl methyl sites for hydroxylation is 1. The second kappa shape index (κ2) is 4.01. The van der Waals surface area contributed by atoms with E-state index < -0.39 is 0 Å². The lowest BCUT2D eigenvalue weighted by Gasteiger charge is -2.03. The summed E-state index contributed by atoms with van der Waals surface area (Å²) in [5.74, 6) is 0. The molecule has 0 fully saturated rings. The molecule has 17 heavy (non-hydrogen) atoms. The highest BCUT2D eigenvalue weighted by Crippen LogP contribution is 2.16.